The van der Waals surface area contributed by atoms with Crippen molar-refractivity contribution in [2.75, 3.05) is 19.8 Å². The molecule has 402 valence electrons. The molecule has 2 amide bonds. The first-order valence-electron chi connectivity index (χ1n) is 27.0. The molecule has 23 atom stereocenters. The van der Waals surface area contributed by atoms with Gasteiger partial charge in [0.15, 0.2) is 18.9 Å². The lowest BCUT2D eigenvalue weighted by atomic mass is 9.47. The summed E-state index contributed by atoms with van der Waals surface area (Å²) in [4.78, 5) is 25.6. The van der Waals surface area contributed by atoms with E-state index < -0.39 is 110 Å². The Balaban J connectivity index is 0.950. The predicted octanol–water partition coefficient (Wildman–Crippen LogP) is 4.84. The van der Waals surface area contributed by atoms with Crippen LogP contribution in [-0.4, -0.2) is 154 Å². The number of allylic oxidation sites excluding steroid dienone is 1. The van der Waals surface area contributed by atoms with Gasteiger partial charge in [0, 0.05) is 25.8 Å². The van der Waals surface area contributed by atoms with Crippen LogP contribution in [0.4, 0.5) is 4.79 Å². The van der Waals surface area contributed by atoms with Gasteiger partial charge in [-0.1, -0.05) is 79.4 Å². The topological polar surface area (TPSA) is 244 Å². The molecule has 7 aliphatic rings. The summed E-state index contributed by atoms with van der Waals surface area (Å²) in [7, 11) is 0. The van der Waals surface area contributed by atoms with Gasteiger partial charge in [0.25, 0.3) is 0 Å². The van der Waals surface area contributed by atoms with Crippen molar-refractivity contribution in [1.82, 2.24) is 10.6 Å². The highest BCUT2D eigenvalue weighted by Crippen LogP contribution is 2.67. The number of rotatable bonds is 18. The standard InChI is InChI=1S/C53H90N2O15/c1-10-38-29(5)46(69-48-40(55-31(7)57)43(60)42(59)39(26-56)68-48)47(70-49-45(62)44(61)41(58)30(6)65-49)50(67-38)64-24-12-23-54-51(63)66-33-19-21-52(8)32(25-33)15-16-34-36-18-17-35(28(4)14-11-13-27(2)3)53(36,9)22-20-37(34)52/h15,27-30,33-50,56,58-62H,10-14,16-26H2,1-9H3,(H,54,63)(H,55,57)/t28-,29+,30?,33+,34+,35-,36+,37?,38-,39-,40?,41-,42+,43?,44?,45?,46?,47?,48-,49+,50-,52+,53-/m1/s1. The molecule has 3 saturated carbocycles. The van der Waals surface area contributed by atoms with E-state index in [0.29, 0.717) is 24.2 Å². The van der Waals surface area contributed by atoms with Crippen molar-refractivity contribution < 1.29 is 73.4 Å². The normalized spacial score (nSPS) is 45.5. The summed E-state index contributed by atoms with van der Waals surface area (Å²) in [5.74, 6) is 3.57. The van der Waals surface area contributed by atoms with Crippen molar-refractivity contribution in [2.24, 2.45) is 52.3 Å². The first-order chi connectivity index (χ1) is 33.2. The van der Waals surface area contributed by atoms with Crippen LogP contribution in [0.2, 0.25) is 0 Å². The second-order valence-corrected chi connectivity index (χ2v) is 23.3. The van der Waals surface area contributed by atoms with Gasteiger partial charge >= 0.3 is 6.09 Å². The monoisotopic (exact) mass is 995 g/mol. The minimum atomic E-state index is -1.68. The first-order valence-corrected chi connectivity index (χ1v) is 27.0. The fraction of sp³-hybridized carbons (Fsp3) is 0.925. The summed E-state index contributed by atoms with van der Waals surface area (Å²) in [6.45, 7) is 18.5. The van der Waals surface area contributed by atoms with Gasteiger partial charge in [-0.3, -0.25) is 4.79 Å². The molecule has 0 aromatic heterocycles. The fourth-order valence-corrected chi connectivity index (χ4v) is 14.4. The molecule has 0 aromatic carbocycles. The number of fused-ring (bicyclic) bond motifs is 5. The number of carbonyl (C=O) groups is 2. The number of aliphatic hydroxyl groups is 6. The van der Waals surface area contributed by atoms with Gasteiger partial charge in [0.2, 0.25) is 5.91 Å². The molecule has 3 aliphatic heterocycles. The third kappa shape index (κ3) is 11.8. The molecule has 3 heterocycles. The maximum absolute atomic E-state index is 13.3. The number of carbonyl (C=O) groups excluding carboxylic acids is 2. The molecule has 6 fully saturated rings. The molecule has 0 spiro atoms. The van der Waals surface area contributed by atoms with E-state index in [-0.39, 0.29) is 24.7 Å². The van der Waals surface area contributed by atoms with Crippen molar-refractivity contribution >= 4 is 12.0 Å². The van der Waals surface area contributed by atoms with Gasteiger partial charge in [-0.2, -0.15) is 0 Å². The van der Waals surface area contributed by atoms with E-state index in [1.807, 2.05) is 13.8 Å². The molecule has 7 rings (SSSR count). The Morgan fingerprint density at radius 3 is 2.24 bits per heavy atom. The van der Waals surface area contributed by atoms with E-state index in [1.165, 1.54) is 64.4 Å². The summed E-state index contributed by atoms with van der Waals surface area (Å²) < 4.78 is 43.5. The highest BCUT2D eigenvalue weighted by atomic mass is 16.8. The Morgan fingerprint density at radius 1 is 0.814 bits per heavy atom. The fourth-order valence-electron chi connectivity index (χ4n) is 14.4. The van der Waals surface area contributed by atoms with E-state index in [2.05, 4.69) is 51.3 Å². The van der Waals surface area contributed by atoms with Gasteiger partial charge in [-0.15, -0.1) is 0 Å². The average molecular weight is 995 g/mol. The van der Waals surface area contributed by atoms with E-state index in [1.54, 1.807) is 0 Å². The molecule has 17 heteroatoms. The van der Waals surface area contributed by atoms with Crippen molar-refractivity contribution in [3.63, 3.8) is 0 Å². The van der Waals surface area contributed by atoms with Crippen LogP contribution >= 0.6 is 0 Å². The van der Waals surface area contributed by atoms with Crippen molar-refractivity contribution in [3.8, 4) is 0 Å². The molecule has 70 heavy (non-hydrogen) atoms. The van der Waals surface area contributed by atoms with Crippen LogP contribution in [0.3, 0.4) is 0 Å². The summed E-state index contributed by atoms with van der Waals surface area (Å²) in [6, 6.07) is -1.26. The molecule has 17 nitrogen and oxygen atoms in total. The first kappa shape index (κ1) is 55.7. The van der Waals surface area contributed by atoms with Gasteiger partial charge in [-0.05, 0) is 111 Å². The molecular weight excluding hydrogens is 905 g/mol. The Hall–Kier alpha value is -2.00. The number of alkyl carbamates (subject to hydrolysis) is 1. The van der Waals surface area contributed by atoms with Gasteiger partial charge in [0.1, 0.15) is 54.9 Å². The number of amides is 2. The van der Waals surface area contributed by atoms with Crippen LogP contribution in [-0.2, 0) is 38.0 Å². The zero-order valence-corrected chi connectivity index (χ0v) is 43.5. The lowest BCUT2D eigenvalue weighted by molar-refractivity contribution is -0.378. The number of ether oxygens (including phenoxy) is 7. The number of hydrogen-bond donors (Lipinski definition) is 8. The molecule has 8 unspecified atom stereocenters. The summed E-state index contributed by atoms with van der Waals surface area (Å²) in [5.41, 5.74) is 2.04. The Labute approximate surface area is 416 Å². The van der Waals surface area contributed by atoms with Crippen LogP contribution in [0.25, 0.3) is 0 Å². The molecule has 0 bridgehead atoms. The summed E-state index contributed by atoms with van der Waals surface area (Å²) in [6.07, 6.45) is -0.899. The zero-order valence-electron chi connectivity index (χ0n) is 43.5. The quantitative estimate of drug-likeness (QED) is 0.0677. The smallest absolute Gasteiger partial charge is 0.407 e. The molecule has 0 aromatic rings. The van der Waals surface area contributed by atoms with Crippen LogP contribution in [0.5, 0.6) is 0 Å². The lowest BCUT2D eigenvalue weighted by Crippen LogP contribution is -2.67. The predicted molar refractivity (Wildman–Crippen MR) is 257 cm³/mol. The highest BCUT2D eigenvalue weighted by Gasteiger charge is 2.60. The Morgan fingerprint density at radius 2 is 1.54 bits per heavy atom. The third-order valence-corrected chi connectivity index (χ3v) is 18.5. The van der Waals surface area contributed by atoms with E-state index >= 15 is 0 Å². The Kier molecular flexibility index (Phi) is 18.9. The van der Waals surface area contributed by atoms with Gasteiger partial charge < -0.3 is 74.4 Å². The van der Waals surface area contributed by atoms with Crippen LogP contribution in [0, 0.1) is 52.3 Å². The second-order valence-electron chi connectivity index (χ2n) is 23.3. The van der Waals surface area contributed by atoms with E-state index in [9.17, 15) is 40.2 Å². The minimum Gasteiger partial charge on any atom is -0.446 e. The van der Waals surface area contributed by atoms with E-state index in [4.69, 9.17) is 33.2 Å². The number of hydrogen-bond acceptors (Lipinski definition) is 15. The van der Waals surface area contributed by atoms with Crippen molar-refractivity contribution in [3.05, 3.63) is 11.6 Å². The minimum absolute atomic E-state index is 0.0785. The SMILES string of the molecule is CC[C@H]1O[C@@H](OCCCNC(=O)O[C@H]2CC[C@@]3(C)C(=CC[C@@H]4C3CC[C@]3(C)[C@@H]([C@H](C)CCCC(C)C)CC[C@@H]43)C2)C(O[C@@H]2OC(C)[C@@H](O)C(O)C2O)C(O[C@H]2O[C@H](CO)[C@H](O)C(O)C2NC(C)=O)[C@H]1C. The van der Waals surface area contributed by atoms with Crippen molar-refractivity contribution in [2.45, 2.75) is 238 Å². The lowest BCUT2D eigenvalue weighted by Gasteiger charge is -2.58. The van der Waals surface area contributed by atoms with Crippen LogP contribution in [0.1, 0.15) is 146 Å². The van der Waals surface area contributed by atoms with Crippen LogP contribution in [0.15, 0.2) is 11.6 Å². The van der Waals surface area contributed by atoms with Crippen molar-refractivity contribution in [1.29, 1.82) is 0 Å². The molecule has 3 saturated heterocycles. The number of nitrogens with one attached hydrogen (secondary N) is 2. The maximum Gasteiger partial charge on any atom is 0.407 e. The average Bonchev–Trinajstić information content (AvgIpc) is 3.68. The van der Waals surface area contributed by atoms with Crippen LogP contribution < -0.4 is 10.6 Å². The highest BCUT2D eigenvalue weighted by molar-refractivity contribution is 5.73. The summed E-state index contributed by atoms with van der Waals surface area (Å²) in [5, 5.41) is 69.3. The molecule has 8 N–H and O–H groups in total. The molecule has 0 radical (unpaired) electrons. The molecule has 4 aliphatic carbocycles. The Bertz CT molecular complexity index is 1760. The number of aliphatic hydroxyl groups excluding tert-OH is 6. The zero-order chi connectivity index (χ0) is 50.8. The molecular formula is C53H90N2O15. The summed E-state index contributed by atoms with van der Waals surface area (Å²) >= 11 is 0. The van der Waals surface area contributed by atoms with E-state index in [0.717, 1.165) is 55.3 Å². The maximum atomic E-state index is 13.3. The van der Waals surface area contributed by atoms with Gasteiger partial charge in [-0.25, -0.2) is 4.79 Å². The largest absolute Gasteiger partial charge is 0.446 e. The van der Waals surface area contributed by atoms with Gasteiger partial charge in [0.05, 0.1) is 31.5 Å². The second kappa shape index (κ2) is 23.7. The third-order valence-electron chi connectivity index (χ3n) is 18.5.